The van der Waals surface area contributed by atoms with E-state index in [0.717, 1.165) is 60.3 Å². The van der Waals surface area contributed by atoms with Crippen LogP contribution in [0.25, 0.3) is 5.69 Å². The topological polar surface area (TPSA) is 91.7 Å². The summed E-state index contributed by atoms with van der Waals surface area (Å²) in [5.74, 6) is -0.262. The number of carbonyl (C=O) groups excluding carboxylic acids is 2. The Labute approximate surface area is 211 Å². The number of aromatic nitrogens is 2. The third-order valence-corrected chi connectivity index (χ3v) is 6.81. The Hall–Kier alpha value is -3.69. The van der Waals surface area contributed by atoms with Gasteiger partial charge in [0, 0.05) is 48.8 Å². The van der Waals surface area contributed by atoms with Crippen molar-refractivity contribution in [1.82, 2.24) is 20.0 Å². The van der Waals surface area contributed by atoms with Crippen LogP contribution >= 0.6 is 0 Å². The number of nitrogens with one attached hydrogen (secondary N) is 2. The molecule has 2 aliphatic rings. The Morgan fingerprint density at radius 1 is 1.03 bits per heavy atom. The van der Waals surface area contributed by atoms with Crippen molar-refractivity contribution >= 4 is 23.2 Å². The average molecular weight is 489 g/mol. The number of aryl methyl sites for hydroxylation is 1. The van der Waals surface area contributed by atoms with E-state index in [4.69, 9.17) is 9.84 Å². The van der Waals surface area contributed by atoms with Gasteiger partial charge in [-0.25, -0.2) is 4.68 Å². The highest BCUT2D eigenvalue weighted by atomic mass is 16.5. The molecule has 2 aromatic carbocycles. The number of rotatable bonds is 6. The fourth-order valence-electron chi connectivity index (χ4n) is 5.03. The third-order valence-electron chi connectivity index (χ3n) is 6.81. The van der Waals surface area contributed by atoms with Gasteiger partial charge in [-0.3, -0.25) is 14.5 Å². The van der Waals surface area contributed by atoms with Gasteiger partial charge in [0.15, 0.2) is 0 Å². The van der Waals surface area contributed by atoms with Gasteiger partial charge < -0.3 is 20.3 Å². The zero-order valence-electron chi connectivity index (χ0n) is 20.7. The molecule has 5 rings (SSSR count). The normalized spacial score (nSPS) is 18.7. The van der Waals surface area contributed by atoms with E-state index in [1.807, 2.05) is 78.0 Å². The molecule has 2 saturated heterocycles. The number of hydrogen-bond donors (Lipinski definition) is 2. The number of benzene rings is 2. The third kappa shape index (κ3) is 4.98. The molecule has 2 aliphatic heterocycles. The van der Waals surface area contributed by atoms with Gasteiger partial charge >= 0.3 is 0 Å². The summed E-state index contributed by atoms with van der Waals surface area (Å²) in [6.45, 7) is 8.26. The predicted molar refractivity (Wildman–Crippen MR) is 138 cm³/mol. The van der Waals surface area contributed by atoms with Crippen molar-refractivity contribution in [1.29, 1.82) is 0 Å². The van der Waals surface area contributed by atoms with Gasteiger partial charge in [-0.05, 0) is 50.2 Å². The number of amides is 2. The minimum atomic E-state index is -0.578. The molecule has 0 saturated carbocycles. The Balaban J connectivity index is 1.31. The fraction of sp³-hybridized carbons (Fsp3) is 0.370. The van der Waals surface area contributed by atoms with E-state index in [-0.39, 0.29) is 18.4 Å². The molecule has 1 unspecified atom stereocenters. The Morgan fingerprint density at radius 3 is 2.47 bits per heavy atom. The van der Waals surface area contributed by atoms with Crippen LogP contribution < -0.4 is 15.5 Å². The molecule has 0 aliphatic carbocycles. The van der Waals surface area contributed by atoms with Gasteiger partial charge in [0.25, 0.3) is 0 Å². The average Bonchev–Trinajstić information content (AvgIpc) is 3.19. The predicted octanol–water partition coefficient (Wildman–Crippen LogP) is 2.44. The summed E-state index contributed by atoms with van der Waals surface area (Å²) in [4.78, 5) is 30.3. The number of anilines is 2. The monoisotopic (exact) mass is 488 g/mol. The summed E-state index contributed by atoms with van der Waals surface area (Å²) >= 11 is 0. The van der Waals surface area contributed by atoms with Crippen LogP contribution in [0.5, 0.6) is 0 Å². The summed E-state index contributed by atoms with van der Waals surface area (Å²) < 4.78 is 7.28. The lowest BCUT2D eigenvalue weighted by molar-refractivity contribution is -0.130. The highest BCUT2D eigenvalue weighted by molar-refractivity contribution is 5.93. The number of nitrogens with zero attached hydrogens (tertiary/aromatic N) is 4. The van der Waals surface area contributed by atoms with Crippen LogP contribution in [0.4, 0.5) is 11.4 Å². The maximum Gasteiger partial charge on any atom is 0.242 e. The smallest absolute Gasteiger partial charge is 0.242 e. The molecular formula is C27H32N6O3. The quantitative estimate of drug-likeness (QED) is 0.554. The van der Waals surface area contributed by atoms with Gasteiger partial charge in [-0.1, -0.05) is 18.2 Å². The van der Waals surface area contributed by atoms with Crippen molar-refractivity contribution in [3.05, 3.63) is 71.5 Å². The first-order valence-electron chi connectivity index (χ1n) is 12.4. The minimum absolute atomic E-state index is 0.109. The lowest BCUT2D eigenvalue weighted by atomic mass is 10.00. The molecule has 2 N–H and O–H groups in total. The highest BCUT2D eigenvalue weighted by Crippen LogP contribution is 2.30. The van der Waals surface area contributed by atoms with Crippen molar-refractivity contribution in [2.24, 2.45) is 0 Å². The van der Waals surface area contributed by atoms with E-state index < -0.39 is 6.04 Å². The zero-order chi connectivity index (χ0) is 25.1. The molecule has 0 spiro atoms. The summed E-state index contributed by atoms with van der Waals surface area (Å²) in [5.41, 5.74) is 5.31. The summed E-state index contributed by atoms with van der Waals surface area (Å²) in [5, 5.41) is 10.7. The number of ether oxygens (including phenoxy) is 1. The molecule has 9 heteroatoms. The van der Waals surface area contributed by atoms with Gasteiger partial charge in [-0.15, -0.1) is 0 Å². The summed E-state index contributed by atoms with van der Waals surface area (Å²) in [6.07, 6.45) is 0. The Kier molecular flexibility index (Phi) is 7.02. The first-order chi connectivity index (χ1) is 17.5. The molecule has 188 valence electrons. The molecule has 3 heterocycles. The molecule has 2 amide bonds. The Bertz CT molecular complexity index is 1220. The van der Waals surface area contributed by atoms with Gasteiger partial charge in [0.1, 0.15) is 6.04 Å². The second-order valence-corrected chi connectivity index (χ2v) is 9.19. The fourth-order valence-corrected chi connectivity index (χ4v) is 5.03. The van der Waals surface area contributed by atoms with Crippen LogP contribution in [0.2, 0.25) is 0 Å². The second-order valence-electron chi connectivity index (χ2n) is 9.19. The van der Waals surface area contributed by atoms with Gasteiger partial charge in [-0.2, -0.15) is 5.10 Å². The maximum atomic E-state index is 13.0. The molecule has 0 radical (unpaired) electrons. The lowest BCUT2D eigenvalue weighted by Gasteiger charge is -2.34. The highest BCUT2D eigenvalue weighted by Gasteiger charge is 2.36. The van der Waals surface area contributed by atoms with Crippen LogP contribution in [-0.4, -0.2) is 72.4 Å². The van der Waals surface area contributed by atoms with E-state index in [0.29, 0.717) is 13.1 Å². The number of carbonyl (C=O) groups is 2. The molecule has 36 heavy (non-hydrogen) atoms. The molecule has 3 aromatic rings. The SMILES string of the molecule is Cc1nn(-c2ccccc2)c(C)c1C1C(=O)NCCN1CC(=O)Nc1ccc(N2CCOCC2)cc1. The second kappa shape index (κ2) is 10.5. The standard InChI is InChI=1S/C27H32N6O3/c1-19-25(20(2)33(30-19)23-6-4-3-5-7-23)26-27(35)28-12-13-32(26)18-24(34)29-21-8-10-22(11-9-21)31-14-16-36-17-15-31/h3-11,26H,12-18H2,1-2H3,(H,28,35)(H,29,34). The Morgan fingerprint density at radius 2 is 1.75 bits per heavy atom. The largest absolute Gasteiger partial charge is 0.378 e. The van der Waals surface area contributed by atoms with Crippen molar-refractivity contribution in [2.45, 2.75) is 19.9 Å². The first-order valence-corrected chi connectivity index (χ1v) is 12.4. The van der Waals surface area contributed by atoms with Gasteiger partial charge in [0.05, 0.1) is 31.1 Å². The molecular weight excluding hydrogens is 456 g/mol. The molecule has 1 aromatic heterocycles. The van der Waals surface area contributed by atoms with Crippen LogP contribution in [-0.2, 0) is 14.3 Å². The van der Waals surface area contributed by atoms with Crippen molar-refractivity contribution < 1.29 is 14.3 Å². The van der Waals surface area contributed by atoms with Crippen LogP contribution in [0.1, 0.15) is 23.0 Å². The summed E-state index contributed by atoms with van der Waals surface area (Å²) in [7, 11) is 0. The van der Waals surface area contributed by atoms with E-state index in [2.05, 4.69) is 15.5 Å². The number of hydrogen-bond acceptors (Lipinski definition) is 6. The van der Waals surface area contributed by atoms with E-state index in [1.165, 1.54) is 0 Å². The number of para-hydroxylation sites is 1. The maximum absolute atomic E-state index is 13.0. The number of piperazine rings is 1. The molecule has 2 fully saturated rings. The first kappa shape index (κ1) is 24.0. The summed E-state index contributed by atoms with van der Waals surface area (Å²) in [6, 6.07) is 17.1. The van der Waals surface area contributed by atoms with E-state index >= 15 is 0 Å². The molecule has 1 atom stereocenters. The molecule has 0 bridgehead atoms. The van der Waals surface area contributed by atoms with Gasteiger partial charge in [0.2, 0.25) is 11.8 Å². The van der Waals surface area contributed by atoms with Crippen LogP contribution in [0, 0.1) is 13.8 Å². The zero-order valence-corrected chi connectivity index (χ0v) is 20.7. The van der Waals surface area contributed by atoms with Crippen molar-refractivity contribution in [3.8, 4) is 5.69 Å². The van der Waals surface area contributed by atoms with E-state index in [9.17, 15) is 9.59 Å². The van der Waals surface area contributed by atoms with Crippen LogP contribution in [0.15, 0.2) is 54.6 Å². The van der Waals surface area contributed by atoms with E-state index in [1.54, 1.807) is 0 Å². The lowest BCUT2D eigenvalue weighted by Crippen LogP contribution is -2.52. The minimum Gasteiger partial charge on any atom is -0.378 e. The van der Waals surface area contributed by atoms with Crippen LogP contribution in [0.3, 0.4) is 0 Å². The molecule has 9 nitrogen and oxygen atoms in total. The number of morpholine rings is 1. The van der Waals surface area contributed by atoms with Crippen molar-refractivity contribution in [2.75, 3.05) is 56.2 Å². The van der Waals surface area contributed by atoms with Crippen molar-refractivity contribution in [3.63, 3.8) is 0 Å².